The van der Waals surface area contributed by atoms with E-state index in [0.29, 0.717) is 0 Å². The van der Waals surface area contributed by atoms with Crippen LogP contribution in [0.15, 0.2) is 36.4 Å². The zero-order chi connectivity index (χ0) is 11.5. The third-order valence-electron chi connectivity index (χ3n) is 2.91. The lowest BCUT2D eigenvalue weighted by molar-refractivity contribution is 0.414. The Morgan fingerprint density at radius 3 is 3.00 bits per heavy atom. The number of methoxy groups -OCH3 is 1. The maximum absolute atomic E-state index is 5.26. The Morgan fingerprint density at radius 1 is 1.50 bits per heavy atom. The summed E-state index contributed by atoms with van der Waals surface area (Å²) in [5.41, 5.74) is 5.24. The summed E-state index contributed by atoms with van der Waals surface area (Å²) < 4.78 is 6.24. The molecule has 0 N–H and O–H groups in total. The molecule has 0 bridgehead atoms. The number of rotatable bonds is 3. The van der Waals surface area contributed by atoms with Crippen molar-refractivity contribution < 1.29 is 4.74 Å². The molecule has 0 aromatic heterocycles. The Bertz CT molecular complexity index is 446. The number of aryl methyl sites for hydroxylation is 1. The van der Waals surface area contributed by atoms with Crippen molar-refractivity contribution in [2.45, 2.75) is 12.8 Å². The van der Waals surface area contributed by atoms with E-state index in [4.69, 9.17) is 4.74 Å². The molecule has 0 saturated carbocycles. The number of benzene rings is 1. The van der Waals surface area contributed by atoms with Gasteiger partial charge in [0.15, 0.2) is 0 Å². The molecule has 0 heterocycles. The quantitative estimate of drug-likeness (QED) is 0.602. The van der Waals surface area contributed by atoms with Gasteiger partial charge < -0.3 is 4.74 Å². The van der Waals surface area contributed by atoms with Crippen LogP contribution in [0.3, 0.4) is 0 Å². The SMILES string of the molecule is C=C(CI)C1=CCCc2cc(OC)ccc21. The van der Waals surface area contributed by atoms with Gasteiger partial charge in [-0.05, 0) is 47.2 Å². The smallest absolute Gasteiger partial charge is 0.119 e. The maximum atomic E-state index is 5.26. The van der Waals surface area contributed by atoms with Crippen LogP contribution in [0.1, 0.15) is 17.5 Å². The fourth-order valence-corrected chi connectivity index (χ4v) is 2.47. The first-order valence-electron chi connectivity index (χ1n) is 5.38. The van der Waals surface area contributed by atoms with Crippen LogP contribution in [0.2, 0.25) is 0 Å². The third kappa shape index (κ3) is 2.17. The van der Waals surface area contributed by atoms with E-state index in [9.17, 15) is 0 Å². The second-order valence-corrected chi connectivity index (χ2v) is 4.68. The highest BCUT2D eigenvalue weighted by Crippen LogP contribution is 2.33. The fraction of sp³-hybridized carbons (Fsp3) is 0.286. The maximum Gasteiger partial charge on any atom is 0.119 e. The number of hydrogen-bond acceptors (Lipinski definition) is 1. The lowest BCUT2D eigenvalue weighted by Crippen LogP contribution is -2.02. The van der Waals surface area contributed by atoms with Crippen molar-refractivity contribution in [2.24, 2.45) is 0 Å². The van der Waals surface area contributed by atoms with Crippen molar-refractivity contribution in [2.75, 3.05) is 11.5 Å². The molecular formula is C14H15IO. The Morgan fingerprint density at radius 2 is 2.31 bits per heavy atom. The van der Waals surface area contributed by atoms with Gasteiger partial charge in [-0.15, -0.1) is 0 Å². The van der Waals surface area contributed by atoms with Gasteiger partial charge in [0.25, 0.3) is 0 Å². The van der Waals surface area contributed by atoms with Crippen molar-refractivity contribution >= 4 is 28.2 Å². The summed E-state index contributed by atoms with van der Waals surface area (Å²) in [5, 5.41) is 0. The zero-order valence-electron chi connectivity index (χ0n) is 9.42. The number of hydrogen-bond donors (Lipinski definition) is 0. The monoisotopic (exact) mass is 326 g/mol. The van der Waals surface area contributed by atoms with Gasteiger partial charge in [0.05, 0.1) is 7.11 Å². The average molecular weight is 326 g/mol. The predicted molar refractivity (Wildman–Crippen MR) is 77.3 cm³/mol. The molecule has 1 aliphatic carbocycles. The molecule has 0 unspecified atom stereocenters. The van der Waals surface area contributed by atoms with Crippen LogP contribution in [0.4, 0.5) is 0 Å². The van der Waals surface area contributed by atoms with E-state index in [2.05, 4.69) is 47.4 Å². The van der Waals surface area contributed by atoms with E-state index in [1.807, 2.05) is 6.07 Å². The van der Waals surface area contributed by atoms with Crippen molar-refractivity contribution in [3.8, 4) is 5.75 Å². The Hall–Kier alpha value is -0.770. The molecule has 1 aromatic carbocycles. The van der Waals surface area contributed by atoms with Crippen LogP contribution < -0.4 is 4.74 Å². The van der Waals surface area contributed by atoms with Gasteiger partial charge in [-0.3, -0.25) is 0 Å². The van der Waals surface area contributed by atoms with Crippen LogP contribution in [0.5, 0.6) is 5.75 Å². The van der Waals surface area contributed by atoms with Gasteiger partial charge in [-0.25, -0.2) is 0 Å². The van der Waals surface area contributed by atoms with E-state index >= 15 is 0 Å². The second kappa shape index (κ2) is 5.04. The van der Waals surface area contributed by atoms with Crippen molar-refractivity contribution in [3.63, 3.8) is 0 Å². The predicted octanol–water partition coefficient (Wildman–Crippen LogP) is 4.02. The van der Waals surface area contributed by atoms with Crippen molar-refractivity contribution in [1.29, 1.82) is 0 Å². The molecule has 0 fully saturated rings. The third-order valence-corrected chi connectivity index (χ3v) is 3.83. The summed E-state index contributed by atoms with van der Waals surface area (Å²) in [6.07, 6.45) is 4.51. The zero-order valence-corrected chi connectivity index (χ0v) is 11.6. The minimum absolute atomic E-state index is 0.945. The molecule has 0 saturated heterocycles. The summed E-state index contributed by atoms with van der Waals surface area (Å²) in [7, 11) is 1.71. The molecule has 16 heavy (non-hydrogen) atoms. The summed E-state index contributed by atoms with van der Waals surface area (Å²) in [6, 6.07) is 6.32. The van der Waals surface area contributed by atoms with Crippen LogP contribution >= 0.6 is 22.6 Å². The molecule has 1 nitrogen and oxygen atoms in total. The Labute approximate surface area is 110 Å². The first-order chi connectivity index (χ1) is 7.76. The second-order valence-electron chi connectivity index (χ2n) is 3.92. The van der Waals surface area contributed by atoms with E-state index in [1.165, 1.54) is 22.3 Å². The fourth-order valence-electron chi connectivity index (χ4n) is 2.06. The number of ether oxygens (including phenoxy) is 1. The highest BCUT2D eigenvalue weighted by Gasteiger charge is 2.14. The highest BCUT2D eigenvalue weighted by molar-refractivity contribution is 14.1. The highest BCUT2D eigenvalue weighted by atomic mass is 127. The van der Waals surface area contributed by atoms with Gasteiger partial charge in [0.1, 0.15) is 5.75 Å². The minimum Gasteiger partial charge on any atom is -0.497 e. The average Bonchev–Trinajstić information content (AvgIpc) is 2.36. The standard InChI is InChI=1S/C14H15IO/c1-10(9-15)13-5-3-4-11-8-12(16-2)6-7-14(11)13/h5-8H,1,3-4,9H2,2H3. The number of allylic oxidation sites excluding steroid dienone is 3. The number of fused-ring (bicyclic) bond motifs is 1. The first kappa shape index (κ1) is 11.7. The largest absolute Gasteiger partial charge is 0.497 e. The van der Waals surface area contributed by atoms with Crippen LogP contribution in [-0.2, 0) is 6.42 Å². The van der Waals surface area contributed by atoms with Gasteiger partial charge in [-0.2, -0.15) is 0 Å². The molecule has 0 atom stereocenters. The molecule has 2 rings (SSSR count). The topological polar surface area (TPSA) is 9.23 Å². The molecule has 2 heteroatoms. The molecule has 0 spiro atoms. The van der Waals surface area contributed by atoms with E-state index < -0.39 is 0 Å². The molecule has 1 aromatic rings. The first-order valence-corrected chi connectivity index (χ1v) is 6.90. The summed E-state index contributed by atoms with van der Waals surface area (Å²) in [4.78, 5) is 0. The molecule has 0 aliphatic heterocycles. The Kier molecular flexibility index (Phi) is 3.69. The van der Waals surface area contributed by atoms with Gasteiger partial charge in [0, 0.05) is 4.43 Å². The lowest BCUT2D eigenvalue weighted by Gasteiger charge is -2.19. The molecule has 0 amide bonds. The van der Waals surface area contributed by atoms with E-state index in [-0.39, 0.29) is 0 Å². The van der Waals surface area contributed by atoms with E-state index in [0.717, 1.165) is 23.0 Å². The number of halogens is 1. The van der Waals surface area contributed by atoms with Gasteiger partial charge in [0.2, 0.25) is 0 Å². The molecule has 1 aliphatic rings. The molecule has 0 radical (unpaired) electrons. The normalized spacial score (nSPS) is 14.0. The van der Waals surface area contributed by atoms with Gasteiger partial charge in [-0.1, -0.05) is 41.3 Å². The van der Waals surface area contributed by atoms with Crippen LogP contribution in [-0.4, -0.2) is 11.5 Å². The molecular weight excluding hydrogens is 311 g/mol. The Balaban J connectivity index is 2.43. The summed E-state index contributed by atoms with van der Waals surface area (Å²) >= 11 is 2.36. The van der Waals surface area contributed by atoms with E-state index in [1.54, 1.807) is 7.11 Å². The summed E-state index contributed by atoms with van der Waals surface area (Å²) in [6.45, 7) is 4.13. The number of alkyl halides is 1. The van der Waals surface area contributed by atoms with Crippen molar-refractivity contribution in [1.82, 2.24) is 0 Å². The van der Waals surface area contributed by atoms with Crippen molar-refractivity contribution in [3.05, 3.63) is 47.6 Å². The summed E-state index contributed by atoms with van der Waals surface area (Å²) in [5.74, 6) is 0.945. The lowest BCUT2D eigenvalue weighted by atomic mass is 9.87. The minimum atomic E-state index is 0.945. The van der Waals surface area contributed by atoms with Crippen LogP contribution in [0, 0.1) is 0 Å². The van der Waals surface area contributed by atoms with Crippen LogP contribution in [0.25, 0.3) is 5.57 Å². The van der Waals surface area contributed by atoms with Gasteiger partial charge >= 0.3 is 0 Å². The molecule has 84 valence electrons.